The first-order valence-corrected chi connectivity index (χ1v) is 43.6. The van der Waals surface area contributed by atoms with E-state index in [1.807, 2.05) is 13.8 Å². The van der Waals surface area contributed by atoms with Gasteiger partial charge in [-0.3, -0.25) is 59.1 Å². The number of halogens is 4. The second kappa shape index (κ2) is 41.9. The first-order valence-electron chi connectivity index (χ1n) is 33.0. The average molecular weight is 2010 g/mol. The van der Waals surface area contributed by atoms with Gasteiger partial charge in [-0.25, -0.2) is 10.9 Å². The molecule has 0 bridgehead atoms. The van der Waals surface area contributed by atoms with Crippen LogP contribution < -0.4 is 75.1 Å². The molecule has 20 N–H and O–H groups in total. The van der Waals surface area contributed by atoms with Crippen LogP contribution in [-0.4, -0.2) is 157 Å². The first kappa shape index (κ1) is 92.5. The number of benzene rings is 8. The second-order valence-electron chi connectivity index (χ2n) is 24.1. The lowest BCUT2D eigenvalue weighted by molar-refractivity contribution is -0.132. The SMILES string of the molecule is Cc1ccc(NC(C(=O)N/N=C\c2cc(Br)c(O)c(Br)c2)C(=O)NNC(=S)Nc2ccc(/C=C/c3ccc(NC(=S)NCCOCCNC(=S)Nc4ccc(/C=C/c5ccc(NC(=S)NNC(=O)C(Nc6ccc(C)cc6)C(=O)N/N=C\c6cc(Br)c(O)c(Br)c6)cc5S(=O)(=O)O)c(S(=O)(=O)O)c4)cc3S(=O)(=O)O)c(S(=O)(=O)O)c2)cc1. The molecule has 0 saturated heterocycles. The minimum Gasteiger partial charge on any atom is -0.506 e. The lowest BCUT2D eigenvalue weighted by Crippen LogP contribution is -2.54. The highest BCUT2D eigenvalue weighted by Crippen LogP contribution is 2.35. The zero-order chi connectivity index (χ0) is 85.7. The molecule has 0 aliphatic carbocycles. The predicted octanol–water partition coefficient (Wildman–Crippen LogP) is 9.28. The number of thiocarbonyl (C=S) groups is 4. The van der Waals surface area contributed by atoms with Crippen LogP contribution in [-0.2, 0) is 64.4 Å². The number of hydrazine groups is 2. The predicted molar refractivity (Wildman–Crippen MR) is 473 cm³/mol. The largest absolute Gasteiger partial charge is 0.506 e. The van der Waals surface area contributed by atoms with E-state index in [9.17, 15) is 81.3 Å². The molecule has 4 amide bonds. The molecule has 35 nitrogen and oxygen atoms in total. The number of hydrogen-bond donors (Lipinski definition) is 20. The van der Waals surface area contributed by atoms with Crippen LogP contribution in [0.1, 0.15) is 44.5 Å². The van der Waals surface area contributed by atoms with E-state index in [0.29, 0.717) is 40.4 Å². The monoisotopic (exact) mass is 2010 g/mol. The van der Waals surface area contributed by atoms with Gasteiger partial charge in [0.15, 0.2) is 32.5 Å². The average Bonchev–Trinajstić information content (AvgIpc) is 0.804. The van der Waals surface area contributed by atoms with Gasteiger partial charge in [0.05, 0.1) is 43.5 Å². The van der Waals surface area contributed by atoms with Crippen LogP contribution in [0.25, 0.3) is 24.3 Å². The van der Waals surface area contributed by atoms with E-state index in [1.165, 1.54) is 85.2 Å². The molecule has 2 unspecified atom stereocenters. The summed E-state index contributed by atoms with van der Waals surface area (Å²) in [5, 5.41) is 49.5. The van der Waals surface area contributed by atoms with Crippen molar-refractivity contribution in [2.75, 3.05) is 58.2 Å². The number of phenolic OH excluding ortho intramolecular Hbond substituents is 2. The van der Waals surface area contributed by atoms with Crippen molar-refractivity contribution >= 4 is 268 Å². The lowest BCUT2D eigenvalue weighted by Gasteiger charge is -2.19. The van der Waals surface area contributed by atoms with E-state index in [0.717, 1.165) is 59.7 Å². The van der Waals surface area contributed by atoms with Crippen molar-refractivity contribution in [3.8, 4) is 11.5 Å². The topological polar surface area (TPSA) is 529 Å². The normalized spacial score (nSPS) is 12.3. The van der Waals surface area contributed by atoms with Gasteiger partial charge in [0.2, 0.25) is 0 Å². The number of rotatable bonds is 30. The number of phenols is 2. The minimum absolute atomic E-state index is 0.00375. The van der Waals surface area contributed by atoms with Crippen LogP contribution in [0.15, 0.2) is 193 Å². The number of hydrogen-bond acceptors (Lipinski definition) is 23. The van der Waals surface area contributed by atoms with Gasteiger partial charge in [-0.1, -0.05) is 84.0 Å². The molecule has 8 aromatic carbocycles. The Morgan fingerprint density at radius 1 is 0.393 bits per heavy atom. The Morgan fingerprint density at radius 3 is 0.932 bits per heavy atom. The molecule has 0 saturated carbocycles. The smallest absolute Gasteiger partial charge is 0.295 e. The van der Waals surface area contributed by atoms with Crippen LogP contribution in [0.2, 0.25) is 0 Å². The van der Waals surface area contributed by atoms with Crippen LogP contribution in [0, 0.1) is 13.8 Å². The Kier molecular flexibility index (Phi) is 33.1. The van der Waals surface area contributed by atoms with E-state index < -0.39 is 95.8 Å². The summed E-state index contributed by atoms with van der Waals surface area (Å²) in [7, 11) is -19.9. The third kappa shape index (κ3) is 28.6. The Balaban J connectivity index is 0.789. The summed E-state index contributed by atoms with van der Waals surface area (Å²) in [6, 6.07) is 30.9. The summed E-state index contributed by atoms with van der Waals surface area (Å²) >= 11 is 34.2. The molecule has 47 heteroatoms. The van der Waals surface area contributed by atoms with Gasteiger partial charge in [0.25, 0.3) is 64.1 Å². The zero-order valence-corrected chi connectivity index (χ0v) is 72.8. The summed E-state index contributed by atoms with van der Waals surface area (Å²) in [6.45, 7) is 4.04. The van der Waals surface area contributed by atoms with Crippen LogP contribution in [0.5, 0.6) is 11.5 Å². The van der Waals surface area contributed by atoms with Gasteiger partial charge in [-0.05, 0) is 257 Å². The second-order valence-corrected chi connectivity index (χ2v) is 34.7. The Morgan fingerprint density at radius 2 is 0.658 bits per heavy atom. The zero-order valence-electron chi connectivity index (χ0n) is 60.0. The highest BCUT2D eigenvalue weighted by Gasteiger charge is 2.30. The number of aromatic hydroxyl groups is 2. The third-order valence-corrected chi connectivity index (χ3v) is 22.3. The molecule has 616 valence electrons. The minimum atomic E-state index is -5.01. The molecule has 0 aliphatic heterocycles. The van der Waals surface area contributed by atoms with Crippen molar-refractivity contribution < 1.29 is 86.0 Å². The summed E-state index contributed by atoms with van der Waals surface area (Å²) in [6.07, 6.45) is 7.14. The van der Waals surface area contributed by atoms with Gasteiger partial charge >= 0.3 is 0 Å². The van der Waals surface area contributed by atoms with Crippen molar-refractivity contribution in [2.24, 2.45) is 10.2 Å². The number of carbonyl (C=O) groups excluding carboxylic acids is 4. The van der Waals surface area contributed by atoms with Crippen LogP contribution >= 0.6 is 113 Å². The lowest BCUT2D eigenvalue weighted by atomic mass is 10.1. The number of ether oxygens (including phenoxy) is 1. The summed E-state index contributed by atoms with van der Waals surface area (Å²) in [5.74, 6) is -3.84. The van der Waals surface area contributed by atoms with Crippen molar-refractivity contribution in [1.29, 1.82) is 0 Å². The maximum atomic E-state index is 13.5. The summed E-state index contributed by atoms with van der Waals surface area (Å²) < 4.78 is 150. The first-order chi connectivity index (χ1) is 55.1. The standard InChI is InChI=1S/C70H66Br4N16O19S8/c1-37-3-15-45(16-4-37)79-59(63(93)85-77-35-39-27-51(71)61(91)52(72)28-39)65(95)87-89-69(112)83-49-21-13-43(57(33-49)116(103,104)105)9-7-41-11-19-47(31-55(41)114(97,98)99)81-67(110)75-23-25-109-26-24-76-68(111)82-48-20-12-42(56(32-48)115(100,101)102)8-10-44-14-22-50(34-58(44)117(106,107)108)84-70(113)90-88-66(96)60(80-46-17-5-38(2)6-18-46)64(94)86-78-36-40-29-53(73)62(92)54(74)30-40/h3-22,27-36,59-60,79-80,91-92H,23-26H2,1-2H3,(H,85,93)(H,86,94)(H,87,95)(H,88,96)(H2,75,81,110)(H2,76,82,111)(H2,83,89,112)(H2,84,90,113)(H,97,98,99)(H,100,101,102)(H,103,104,105)(H,106,107,108)/b9-7+,10-8+,77-35-,78-36-. The number of aryl methyl sites for hydroxylation is 2. The molecule has 0 radical (unpaired) electrons. The number of anilines is 6. The third-order valence-electron chi connectivity index (χ3n) is 15.4. The van der Waals surface area contributed by atoms with Crippen LogP contribution in [0.4, 0.5) is 34.1 Å². The quantitative estimate of drug-likeness (QED) is 0.00379. The molecule has 2 atom stereocenters. The van der Waals surface area contributed by atoms with E-state index in [2.05, 4.69) is 149 Å². The van der Waals surface area contributed by atoms with Crippen molar-refractivity contribution in [3.63, 3.8) is 0 Å². The molecule has 0 fully saturated rings. The van der Waals surface area contributed by atoms with E-state index in [-0.39, 0.29) is 103 Å². The Hall–Kier alpha value is -10.1. The highest BCUT2D eigenvalue weighted by molar-refractivity contribution is 9.11. The maximum absolute atomic E-state index is 13.5. The fourth-order valence-corrected chi connectivity index (χ4v) is 15.9. The number of amides is 4. The van der Waals surface area contributed by atoms with E-state index >= 15 is 0 Å². The van der Waals surface area contributed by atoms with E-state index in [1.54, 1.807) is 48.5 Å². The molecular formula is C70H66Br4N16O19S8. The van der Waals surface area contributed by atoms with Crippen LogP contribution in [0.3, 0.4) is 0 Å². The van der Waals surface area contributed by atoms with Gasteiger partial charge in [-0.15, -0.1) is 0 Å². The molecule has 8 aromatic rings. The number of hydrazone groups is 2. The highest BCUT2D eigenvalue weighted by atomic mass is 79.9. The van der Waals surface area contributed by atoms with Gasteiger partial charge in [-0.2, -0.15) is 43.9 Å². The Bertz CT molecular complexity index is 5410. The molecule has 0 spiro atoms. The summed E-state index contributed by atoms with van der Waals surface area (Å²) in [5.41, 5.74) is 17.0. The fraction of sp³-hybridized carbons (Fsp3) is 0.114. The van der Waals surface area contributed by atoms with Crippen molar-refractivity contribution in [3.05, 3.63) is 208 Å². The Labute approximate surface area is 724 Å². The molecule has 0 aromatic heterocycles. The summed E-state index contributed by atoms with van der Waals surface area (Å²) in [4.78, 5) is 51.1. The maximum Gasteiger partial charge on any atom is 0.295 e. The van der Waals surface area contributed by atoms with Crippen molar-refractivity contribution in [2.45, 2.75) is 45.5 Å². The number of nitrogens with zero attached hydrogens (tertiary/aromatic N) is 2. The van der Waals surface area contributed by atoms with Gasteiger partial charge in [0.1, 0.15) is 31.1 Å². The van der Waals surface area contributed by atoms with Crippen molar-refractivity contribution in [1.82, 2.24) is 43.2 Å². The van der Waals surface area contributed by atoms with E-state index in [4.69, 9.17) is 53.6 Å². The number of carbonyl (C=O) groups is 4. The molecule has 0 aliphatic rings. The molecule has 117 heavy (non-hydrogen) atoms. The molecule has 8 rings (SSSR count). The molecular weight excluding hydrogens is 1950 g/mol. The number of nitrogens with one attached hydrogen (secondary N) is 14. The van der Waals surface area contributed by atoms with Gasteiger partial charge < -0.3 is 57.5 Å². The molecule has 0 heterocycles. The van der Waals surface area contributed by atoms with Gasteiger partial charge in [0, 0.05) is 47.2 Å². The fourth-order valence-electron chi connectivity index (χ4n) is 9.81.